The van der Waals surface area contributed by atoms with Crippen LogP contribution in [0.3, 0.4) is 0 Å². The molecule has 2 aliphatic rings. The molecule has 0 saturated heterocycles. The zero-order chi connectivity index (χ0) is 55.5. The summed E-state index contributed by atoms with van der Waals surface area (Å²) in [6, 6.07) is 23.0. The number of carbonyl (C=O) groups is 4. The Labute approximate surface area is 434 Å². The minimum Gasteiger partial charge on any atom is -0.478 e. The van der Waals surface area contributed by atoms with Gasteiger partial charge in [-0.15, -0.1) is 0 Å². The first kappa shape index (κ1) is 53.7. The van der Waals surface area contributed by atoms with Crippen LogP contribution >= 0.6 is 0 Å². The van der Waals surface area contributed by atoms with Crippen LogP contribution in [0.1, 0.15) is 74.8 Å². The summed E-state index contributed by atoms with van der Waals surface area (Å²) in [5, 5.41) is 26.9. The molecule has 0 atom stereocenters. The number of hydrogen-bond donors (Lipinski definition) is 8. The summed E-state index contributed by atoms with van der Waals surface area (Å²) >= 11 is 0. The van der Waals surface area contributed by atoms with Crippen molar-refractivity contribution in [3.8, 4) is 22.5 Å². The number of nitrogens with one attached hydrogen (secondary N) is 3. The highest BCUT2D eigenvalue weighted by molar-refractivity contribution is 7.86. The molecule has 0 spiro atoms. The van der Waals surface area contributed by atoms with Gasteiger partial charge in [0.05, 0.1) is 27.9 Å². The Kier molecular flexibility index (Phi) is 14.1. The van der Waals surface area contributed by atoms with Crippen LogP contribution in [-0.4, -0.2) is 72.9 Å². The number of amides is 2. The van der Waals surface area contributed by atoms with E-state index in [4.69, 9.17) is 4.42 Å². The van der Waals surface area contributed by atoms with Gasteiger partial charge in [-0.3, -0.25) is 23.2 Å². The van der Waals surface area contributed by atoms with Crippen molar-refractivity contribution >= 4 is 93.5 Å². The number of carbonyl (C=O) groups excluding carboxylic acids is 2. The van der Waals surface area contributed by atoms with Crippen LogP contribution in [0.5, 0.6) is 0 Å². The average molecular weight is 1090 g/mol. The summed E-state index contributed by atoms with van der Waals surface area (Å²) in [5.41, 5.74) is 2.01. The molecular formula is C53H44N4O16S3. The maximum atomic E-state index is 13.5. The molecule has 1 aliphatic carbocycles. The van der Waals surface area contributed by atoms with Crippen molar-refractivity contribution in [3.63, 3.8) is 0 Å². The van der Waals surface area contributed by atoms with E-state index < -0.39 is 74.2 Å². The van der Waals surface area contributed by atoms with E-state index in [0.29, 0.717) is 33.4 Å². The fourth-order valence-electron chi connectivity index (χ4n) is 9.05. The molecule has 390 valence electrons. The van der Waals surface area contributed by atoms with Gasteiger partial charge in [0.1, 0.15) is 26.0 Å². The lowest BCUT2D eigenvalue weighted by Gasteiger charge is -2.22. The number of rotatable bonds is 13. The molecule has 2 amide bonds. The molecular weight excluding hydrogens is 1040 g/mol. The maximum Gasteiger partial charge on any atom is 0.335 e. The molecule has 0 aromatic heterocycles. The Bertz CT molecular complexity index is 4250. The minimum atomic E-state index is -5.28. The van der Waals surface area contributed by atoms with Crippen LogP contribution in [0.4, 0.5) is 28.4 Å². The lowest BCUT2D eigenvalue weighted by Crippen LogP contribution is -2.17. The van der Waals surface area contributed by atoms with Crippen molar-refractivity contribution < 1.29 is 72.7 Å². The Morgan fingerprint density at radius 1 is 0.500 bits per heavy atom. The van der Waals surface area contributed by atoms with Gasteiger partial charge in [-0.25, -0.2) is 14.6 Å². The predicted octanol–water partition coefficient (Wildman–Crippen LogP) is 9.67. The fourth-order valence-corrected chi connectivity index (χ4v) is 11.0. The summed E-state index contributed by atoms with van der Waals surface area (Å²) in [7, 11) is -15.6. The highest BCUT2D eigenvalue weighted by Gasteiger charge is 2.30. The van der Waals surface area contributed by atoms with Gasteiger partial charge < -0.3 is 30.6 Å². The normalized spacial score (nSPS) is 12.2. The van der Waals surface area contributed by atoms with Gasteiger partial charge in [0, 0.05) is 62.4 Å². The van der Waals surface area contributed by atoms with Crippen molar-refractivity contribution in [2.75, 3.05) is 16.0 Å². The number of aromatic carboxylic acids is 2. The van der Waals surface area contributed by atoms with Crippen LogP contribution in [0, 0.1) is 41.5 Å². The Balaban J connectivity index is 1.38. The Hall–Kier alpha value is -8.58. The lowest BCUT2D eigenvalue weighted by molar-refractivity contribution is 0.0686. The van der Waals surface area contributed by atoms with Crippen molar-refractivity contribution in [2.45, 2.75) is 56.2 Å². The third-order valence-electron chi connectivity index (χ3n) is 12.5. The molecule has 6 aromatic rings. The fraction of sp³-hybridized carbons (Fsp3) is 0.113. The number of benzene rings is 7. The van der Waals surface area contributed by atoms with E-state index in [1.807, 2.05) is 0 Å². The average Bonchev–Trinajstić information content (AvgIpc) is 3.35. The highest BCUT2D eigenvalue weighted by Crippen LogP contribution is 2.46. The largest absolute Gasteiger partial charge is 0.478 e. The van der Waals surface area contributed by atoms with E-state index >= 15 is 0 Å². The van der Waals surface area contributed by atoms with Gasteiger partial charge >= 0.3 is 11.9 Å². The molecule has 0 saturated carbocycles. The van der Waals surface area contributed by atoms with Crippen molar-refractivity contribution in [1.29, 1.82) is 0 Å². The predicted molar refractivity (Wildman–Crippen MR) is 280 cm³/mol. The number of anilines is 4. The third-order valence-corrected chi connectivity index (χ3v) is 15.2. The zero-order valence-corrected chi connectivity index (χ0v) is 43.2. The summed E-state index contributed by atoms with van der Waals surface area (Å²) in [4.78, 5) is 52.6. The molecule has 8 N–H and O–H groups in total. The number of hydrogen-bond acceptors (Lipinski definition) is 13. The standard InChI is InChI=1S/C53H44N4O16S3/c1-25-17-27(3)48(56-50(58)31-11-9-13-33(19-31)52(60)61)29(5)46(25)54-38-23-40-36(21-43(38)75(67,68)69)45(35-15-7-8-16-42(35)74(64,65)66)37-22-44(76(70,71)72)39(24-41(37)73-40)55-47-26(2)18-28(4)49(30(47)6)57-51(59)32-12-10-14-34(20-32)53(62)63/h7-24,54H,1-6H3,(H,56,58)(H,57,59)(H,60,61)(H,62,63)(H,64,65,66)(H,67,68,69)(H,70,71,72). The van der Waals surface area contributed by atoms with Crippen molar-refractivity contribution in [1.82, 2.24) is 0 Å². The highest BCUT2D eigenvalue weighted by atomic mass is 32.2. The summed E-state index contributed by atoms with van der Waals surface area (Å²) in [6.45, 7) is 9.88. The lowest BCUT2D eigenvalue weighted by atomic mass is 9.93. The quantitative estimate of drug-likeness (QED) is 0.0393. The third kappa shape index (κ3) is 10.5. The van der Waals surface area contributed by atoms with E-state index in [2.05, 4.69) is 20.9 Å². The van der Waals surface area contributed by atoms with E-state index in [9.17, 15) is 68.3 Å². The molecule has 76 heavy (non-hydrogen) atoms. The summed E-state index contributed by atoms with van der Waals surface area (Å²) in [5.74, 6) is -4.09. The van der Waals surface area contributed by atoms with Crippen LogP contribution < -0.4 is 21.3 Å². The Morgan fingerprint density at radius 3 is 1.54 bits per heavy atom. The van der Waals surface area contributed by atoms with Gasteiger partial charge in [-0.05, 0) is 130 Å². The van der Waals surface area contributed by atoms with Gasteiger partial charge in [0.2, 0.25) is 0 Å². The number of aryl methyl sites for hydroxylation is 4. The molecule has 0 fully saturated rings. The Morgan fingerprint density at radius 2 is 1.00 bits per heavy atom. The van der Waals surface area contributed by atoms with Gasteiger partial charge in [-0.2, -0.15) is 25.3 Å². The molecule has 20 nitrogen and oxygen atoms in total. The second-order valence-corrected chi connectivity index (χ2v) is 21.9. The first-order valence-corrected chi connectivity index (χ1v) is 26.8. The monoisotopic (exact) mass is 1090 g/mol. The van der Waals surface area contributed by atoms with Crippen LogP contribution in [-0.2, 0) is 30.4 Å². The SMILES string of the molecule is Cc1cc(C)c(NC(=O)c2cccc(C(=O)O)c2)c(C)c1N=c1cc2oc3cc(Nc4c(C)cc(C)c(NC(=O)c5cccc(C(=O)O)c5)c4C)c(S(=O)(=O)O)cc3c(-c3ccccc3S(=O)(=O)O)c-2cc1S(=O)(=O)O. The van der Waals surface area contributed by atoms with E-state index in [1.54, 1.807) is 53.7 Å². The maximum absolute atomic E-state index is 13.5. The molecule has 1 heterocycles. The molecule has 6 aromatic carbocycles. The number of carboxylic acids is 2. The second kappa shape index (κ2) is 19.9. The van der Waals surface area contributed by atoms with Crippen LogP contribution in [0.15, 0.2) is 133 Å². The topological polar surface area (TPSA) is 333 Å². The van der Waals surface area contributed by atoms with E-state index in [-0.39, 0.29) is 84.1 Å². The molecule has 8 rings (SSSR count). The number of fused-ring (bicyclic) bond motifs is 2. The van der Waals surface area contributed by atoms with E-state index in [1.165, 1.54) is 66.7 Å². The van der Waals surface area contributed by atoms with Crippen LogP contribution in [0.2, 0.25) is 0 Å². The van der Waals surface area contributed by atoms with Crippen LogP contribution in [0.25, 0.3) is 33.4 Å². The first-order valence-electron chi connectivity index (χ1n) is 22.5. The van der Waals surface area contributed by atoms with E-state index in [0.717, 1.165) is 30.3 Å². The molecule has 1 aliphatic heterocycles. The number of carboxylic acid groups (broad SMARTS) is 2. The molecule has 23 heteroatoms. The first-order chi connectivity index (χ1) is 35.5. The number of nitrogens with zero attached hydrogens (tertiary/aromatic N) is 1. The minimum absolute atomic E-state index is 0.0171. The molecule has 0 unspecified atom stereocenters. The van der Waals surface area contributed by atoms with Gasteiger partial charge in [-0.1, -0.05) is 42.5 Å². The summed E-state index contributed by atoms with van der Waals surface area (Å²) < 4.78 is 118. The molecule has 0 radical (unpaired) electrons. The molecule has 0 bridgehead atoms. The zero-order valence-electron chi connectivity index (χ0n) is 40.8. The summed E-state index contributed by atoms with van der Waals surface area (Å²) in [6.07, 6.45) is 0. The smallest absolute Gasteiger partial charge is 0.335 e. The van der Waals surface area contributed by atoms with Gasteiger partial charge in [0.25, 0.3) is 42.2 Å². The van der Waals surface area contributed by atoms with Gasteiger partial charge in [0.15, 0.2) is 0 Å². The second-order valence-electron chi connectivity index (χ2n) is 17.7. The van der Waals surface area contributed by atoms with Crippen molar-refractivity contribution in [2.24, 2.45) is 4.99 Å². The van der Waals surface area contributed by atoms with Crippen molar-refractivity contribution in [3.05, 3.63) is 170 Å².